The summed E-state index contributed by atoms with van der Waals surface area (Å²) >= 11 is 6.87. The molecule has 0 radical (unpaired) electrons. The molecule has 1 aliphatic heterocycles. The van der Waals surface area contributed by atoms with Gasteiger partial charge in [-0.25, -0.2) is 4.39 Å². The Morgan fingerprint density at radius 1 is 0.977 bits per heavy atom. The summed E-state index contributed by atoms with van der Waals surface area (Å²) in [5.41, 5.74) is 1.46. The van der Waals surface area contributed by atoms with Gasteiger partial charge in [0.15, 0.2) is 11.6 Å². The number of anilines is 1. The van der Waals surface area contributed by atoms with Crippen LogP contribution in [-0.4, -0.2) is 44.4 Å². The van der Waals surface area contributed by atoms with Crippen LogP contribution in [-0.2, 0) is 15.8 Å². The minimum absolute atomic E-state index is 0.0774. The highest BCUT2D eigenvalue weighted by molar-refractivity contribution is 6.99. The molecule has 1 saturated heterocycles. The van der Waals surface area contributed by atoms with Crippen molar-refractivity contribution in [1.82, 2.24) is 4.98 Å². The molecule has 1 aromatic heterocycles. The van der Waals surface area contributed by atoms with Crippen molar-refractivity contribution in [2.24, 2.45) is 0 Å². The van der Waals surface area contributed by atoms with Crippen molar-refractivity contribution < 1.29 is 18.3 Å². The first-order valence-electron chi connectivity index (χ1n) is 14.6. The third kappa shape index (κ3) is 6.18. The lowest BCUT2D eigenvalue weighted by Gasteiger charge is -2.43. The molecular formula is C35H38ClFN2O3Si. The van der Waals surface area contributed by atoms with E-state index in [-0.39, 0.29) is 34.4 Å². The number of hydrogen-bond donors (Lipinski definition) is 0. The molecule has 1 fully saturated rings. The number of benzene rings is 3. The molecule has 0 unspecified atom stereocenters. The Morgan fingerprint density at radius 3 is 2.02 bits per heavy atom. The van der Waals surface area contributed by atoms with E-state index in [2.05, 4.69) is 54.9 Å². The van der Waals surface area contributed by atoms with Crippen LogP contribution in [0.15, 0.2) is 91.3 Å². The smallest absolute Gasteiger partial charge is 0.261 e. The van der Waals surface area contributed by atoms with E-state index >= 15 is 4.39 Å². The molecule has 224 valence electrons. The second kappa shape index (κ2) is 12.7. The number of hydrogen-bond acceptors (Lipinski definition) is 5. The number of ketones is 1. The number of morpholine rings is 1. The van der Waals surface area contributed by atoms with Crippen LogP contribution in [0.2, 0.25) is 10.1 Å². The summed E-state index contributed by atoms with van der Waals surface area (Å²) in [4.78, 5) is 19.6. The quantitative estimate of drug-likeness (QED) is 0.161. The zero-order chi connectivity index (χ0) is 30.8. The molecule has 0 saturated carbocycles. The molecule has 2 atom stereocenters. The normalized spacial score (nSPS) is 17.6. The Morgan fingerprint density at radius 2 is 1.51 bits per heavy atom. The van der Waals surface area contributed by atoms with Crippen LogP contribution in [0.4, 0.5) is 10.1 Å². The summed E-state index contributed by atoms with van der Waals surface area (Å²) in [6.45, 7) is 11.8. The van der Waals surface area contributed by atoms with Crippen molar-refractivity contribution >= 4 is 41.8 Å². The highest BCUT2D eigenvalue weighted by Crippen LogP contribution is 2.41. The van der Waals surface area contributed by atoms with Gasteiger partial charge in [0.25, 0.3) is 8.32 Å². The highest BCUT2D eigenvalue weighted by Gasteiger charge is 2.50. The first kappa shape index (κ1) is 31.1. The predicted octanol–water partition coefficient (Wildman–Crippen LogP) is 6.80. The fourth-order valence-corrected chi connectivity index (χ4v) is 11.1. The van der Waals surface area contributed by atoms with E-state index in [1.54, 1.807) is 18.2 Å². The van der Waals surface area contributed by atoms with Gasteiger partial charge in [0.2, 0.25) is 0 Å². The summed E-state index contributed by atoms with van der Waals surface area (Å²) in [6.07, 6.45) is 2.88. The summed E-state index contributed by atoms with van der Waals surface area (Å²) in [5.74, 6) is -1.19. The summed E-state index contributed by atoms with van der Waals surface area (Å²) in [7, 11) is -2.94. The molecule has 4 aromatic rings. The second-order valence-electron chi connectivity index (χ2n) is 12.2. The van der Waals surface area contributed by atoms with Crippen molar-refractivity contribution in [3.63, 3.8) is 0 Å². The summed E-state index contributed by atoms with van der Waals surface area (Å²) in [5, 5.41) is 1.91. The van der Waals surface area contributed by atoms with Crippen LogP contribution in [0.3, 0.4) is 0 Å². The molecule has 0 N–H and O–H groups in total. The molecule has 5 nitrogen and oxygen atoms in total. The molecule has 0 aliphatic carbocycles. The Bertz CT molecular complexity index is 1520. The summed E-state index contributed by atoms with van der Waals surface area (Å²) in [6, 6.07) is 25.5. The standard InChI is InChI=1S/C35H38ClFN2O3Si/c1-24-21-39(22-25(2)42-24)33-27(20-30(32(37)31(33)36)34(40)26-16-18-38-19-17-26)23-41-43(35(3,4)5,28-12-8-6-9-13-28)29-14-10-7-11-15-29/h6-20,24-25H,21-23H2,1-5H3/t24-,25+. The van der Waals surface area contributed by atoms with E-state index in [4.69, 9.17) is 20.8 Å². The van der Waals surface area contributed by atoms with Gasteiger partial charge in [0, 0.05) is 36.6 Å². The fraction of sp³-hybridized carbons (Fsp3) is 0.314. The van der Waals surface area contributed by atoms with E-state index in [1.165, 1.54) is 12.4 Å². The lowest BCUT2D eigenvalue weighted by atomic mass is 9.99. The number of ether oxygens (including phenoxy) is 1. The van der Waals surface area contributed by atoms with Crippen molar-refractivity contribution in [2.45, 2.75) is 58.5 Å². The number of pyridine rings is 1. The molecule has 2 heterocycles. The highest BCUT2D eigenvalue weighted by atomic mass is 35.5. The van der Waals surface area contributed by atoms with Gasteiger partial charge in [0.1, 0.15) is 5.02 Å². The number of carbonyl (C=O) groups excluding carboxylic acids is 1. The van der Waals surface area contributed by atoms with Crippen molar-refractivity contribution in [3.8, 4) is 0 Å². The topological polar surface area (TPSA) is 51.7 Å². The van der Waals surface area contributed by atoms with Gasteiger partial charge in [-0.3, -0.25) is 9.78 Å². The van der Waals surface area contributed by atoms with E-state index < -0.39 is 19.9 Å². The van der Waals surface area contributed by atoms with E-state index in [0.29, 0.717) is 29.9 Å². The van der Waals surface area contributed by atoms with Crippen molar-refractivity contribution in [3.05, 3.63) is 119 Å². The lowest BCUT2D eigenvalue weighted by molar-refractivity contribution is -0.00532. The molecule has 43 heavy (non-hydrogen) atoms. The van der Waals surface area contributed by atoms with Gasteiger partial charge in [0.05, 0.1) is 30.1 Å². The Kier molecular flexibility index (Phi) is 9.18. The van der Waals surface area contributed by atoms with E-state index in [1.807, 2.05) is 50.2 Å². The molecule has 0 bridgehead atoms. The number of halogens is 2. The monoisotopic (exact) mass is 616 g/mol. The molecule has 5 rings (SSSR count). The average molecular weight is 617 g/mol. The lowest BCUT2D eigenvalue weighted by Crippen LogP contribution is -2.66. The molecule has 8 heteroatoms. The van der Waals surface area contributed by atoms with Gasteiger partial charge in [-0.15, -0.1) is 0 Å². The molecular weight excluding hydrogens is 579 g/mol. The number of nitrogens with zero attached hydrogens (tertiary/aromatic N) is 2. The van der Waals surface area contributed by atoms with Crippen LogP contribution < -0.4 is 15.3 Å². The Labute approximate surface area is 259 Å². The van der Waals surface area contributed by atoms with Crippen LogP contribution in [0.25, 0.3) is 0 Å². The maximum absolute atomic E-state index is 16.1. The van der Waals surface area contributed by atoms with Crippen LogP contribution in [0, 0.1) is 5.82 Å². The number of aromatic nitrogens is 1. The van der Waals surface area contributed by atoms with Crippen molar-refractivity contribution in [1.29, 1.82) is 0 Å². The average Bonchev–Trinajstić information content (AvgIpc) is 2.99. The zero-order valence-corrected chi connectivity index (χ0v) is 27.1. The number of rotatable bonds is 8. The van der Waals surface area contributed by atoms with Gasteiger partial charge in [-0.1, -0.05) is 93.0 Å². The minimum atomic E-state index is -2.94. The van der Waals surface area contributed by atoms with Crippen molar-refractivity contribution in [2.75, 3.05) is 18.0 Å². The molecule has 0 amide bonds. The van der Waals surface area contributed by atoms with Crippen LogP contribution >= 0.6 is 11.6 Å². The molecule has 0 spiro atoms. The van der Waals surface area contributed by atoms with Crippen LogP contribution in [0.5, 0.6) is 0 Å². The molecule has 1 aliphatic rings. The van der Waals surface area contributed by atoms with Gasteiger partial charge >= 0.3 is 0 Å². The Balaban J connectivity index is 1.68. The maximum atomic E-state index is 16.1. The minimum Gasteiger partial charge on any atom is -0.403 e. The SMILES string of the molecule is C[C@@H]1CN(c2c(CO[Si](c3ccccc3)(c3ccccc3)C(C)(C)C)cc(C(=O)c3ccncc3)c(F)c2Cl)C[C@H](C)O1. The third-order valence-corrected chi connectivity index (χ3v) is 13.4. The van der Waals surface area contributed by atoms with E-state index in [9.17, 15) is 4.79 Å². The van der Waals surface area contributed by atoms with Gasteiger partial charge in [-0.2, -0.15) is 0 Å². The largest absolute Gasteiger partial charge is 0.403 e. The predicted molar refractivity (Wildman–Crippen MR) is 174 cm³/mol. The van der Waals surface area contributed by atoms with Crippen LogP contribution in [0.1, 0.15) is 56.1 Å². The second-order valence-corrected chi connectivity index (χ2v) is 16.9. The zero-order valence-electron chi connectivity index (χ0n) is 25.3. The van der Waals surface area contributed by atoms with Gasteiger partial charge < -0.3 is 14.1 Å². The first-order valence-corrected chi connectivity index (χ1v) is 16.9. The van der Waals surface area contributed by atoms with Gasteiger partial charge in [-0.05, 0) is 47.5 Å². The fourth-order valence-electron chi connectivity index (χ4n) is 6.25. The Hall–Kier alpha value is -3.36. The third-order valence-electron chi connectivity index (χ3n) is 8.04. The molecule has 3 aromatic carbocycles. The van der Waals surface area contributed by atoms with E-state index in [0.717, 1.165) is 10.4 Å². The maximum Gasteiger partial charge on any atom is 0.261 e. The first-order chi connectivity index (χ1) is 20.5. The number of carbonyl (C=O) groups is 1. The summed E-state index contributed by atoms with van der Waals surface area (Å²) < 4.78 is 29.3.